The standard InChI is InChI=1S/C16H23NO3/c1-16(2,17-7-10-19-11-8-17)15(18)13-5-3-4-12-6-9-20-14(12)13/h3-5,15,18H,6-11H2,1-2H3. The lowest BCUT2D eigenvalue weighted by Gasteiger charge is -2.44. The van der Waals surface area contributed by atoms with Gasteiger partial charge in [-0.1, -0.05) is 18.2 Å². The molecule has 1 aromatic carbocycles. The first-order chi connectivity index (χ1) is 9.60. The van der Waals surface area contributed by atoms with Crippen LogP contribution < -0.4 is 4.74 Å². The fraction of sp³-hybridized carbons (Fsp3) is 0.625. The molecule has 2 aliphatic heterocycles. The van der Waals surface area contributed by atoms with E-state index in [-0.39, 0.29) is 5.54 Å². The van der Waals surface area contributed by atoms with E-state index in [0.717, 1.165) is 50.6 Å². The van der Waals surface area contributed by atoms with Gasteiger partial charge >= 0.3 is 0 Å². The third kappa shape index (κ3) is 2.32. The second kappa shape index (κ2) is 5.35. The third-order valence-electron chi connectivity index (χ3n) is 4.53. The lowest BCUT2D eigenvalue weighted by Crippen LogP contribution is -2.53. The molecule has 4 nitrogen and oxygen atoms in total. The van der Waals surface area contributed by atoms with Crippen LogP contribution in [0.3, 0.4) is 0 Å². The van der Waals surface area contributed by atoms with E-state index in [9.17, 15) is 5.11 Å². The Morgan fingerprint density at radius 2 is 1.95 bits per heavy atom. The molecule has 1 fully saturated rings. The number of fused-ring (bicyclic) bond motifs is 1. The summed E-state index contributed by atoms with van der Waals surface area (Å²) in [5.41, 5.74) is 1.79. The van der Waals surface area contributed by atoms with Crippen molar-refractivity contribution in [2.75, 3.05) is 32.9 Å². The minimum atomic E-state index is -0.561. The number of hydrogen-bond donors (Lipinski definition) is 1. The summed E-state index contributed by atoms with van der Waals surface area (Å²) < 4.78 is 11.1. The van der Waals surface area contributed by atoms with Crippen LogP contribution >= 0.6 is 0 Å². The Balaban J connectivity index is 1.87. The zero-order valence-corrected chi connectivity index (χ0v) is 12.3. The molecule has 3 rings (SSSR count). The second-order valence-electron chi connectivity index (χ2n) is 6.09. The summed E-state index contributed by atoms with van der Waals surface area (Å²) in [6.45, 7) is 8.10. The minimum Gasteiger partial charge on any atom is -0.493 e. The highest BCUT2D eigenvalue weighted by Gasteiger charge is 2.38. The van der Waals surface area contributed by atoms with Crippen LogP contribution in [-0.4, -0.2) is 48.5 Å². The van der Waals surface area contributed by atoms with E-state index in [2.05, 4.69) is 24.8 Å². The molecule has 1 aromatic rings. The predicted octanol–water partition coefficient (Wildman–Crippen LogP) is 1.77. The number of aliphatic hydroxyl groups is 1. The molecule has 0 spiro atoms. The zero-order chi connectivity index (χ0) is 14.2. The van der Waals surface area contributed by atoms with Crippen molar-refractivity contribution < 1.29 is 14.6 Å². The van der Waals surface area contributed by atoms with Crippen molar-refractivity contribution in [1.82, 2.24) is 4.90 Å². The number of benzene rings is 1. The predicted molar refractivity (Wildman–Crippen MR) is 77.1 cm³/mol. The number of hydrogen-bond acceptors (Lipinski definition) is 4. The van der Waals surface area contributed by atoms with Crippen molar-refractivity contribution in [1.29, 1.82) is 0 Å². The van der Waals surface area contributed by atoms with E-state index in [1.54, 1.807) is 0 Å². The van der Waals surface area contributed by atoms with Gasteiger partial charge in [-0.3, -0.25) is 4.90 Å². The molecule has 0 aromatic heterocycles. The molecule has 1 saturated heterocycles. The average Bonchev–Trinajstić information content (AvgIpc) is 2.95. The number of morpholine rings is 1. The van der Waals surface area contributed by atoms with E-state index in [1.807, 2.05) is 12.1 Å². The fourth-order valence-corrected chi connectivity index (χ4v) is 3.15. The molecule has 4 heteroatoms. The first-order valence-electron chi connectivity index (χ1n) is 7.36. The summed E-state index contributed by atoms with van der Waals surface area (Å²) in [6, 6.07) is 6.08. The molecule has 20 heavy (non-hydrogen) atoms. The topological polar surface area (TPSA) is 41.9 Å². The minimum absolute atomic E-state index is 0.329. The van der Waals surface area contributed by atoms with E-state index in [0.29, 0.717) is 0 Å². The molecule has 2 aliphatic rings. The van der Waals surface area contributed by atoms with Crippen molar-refractivity contribution in [2.45, 2.75) is 31.9 Å². The van der Waals surface area contributed by atoms with Crippen LogP contribution in [0.4, 0.5) is 0 Å². The number of nitrogens with zero attached hydrogens (tertiary/aromatic N) is 1. The third-order valence-corrected chi connectivity index (χ3v) is 4.53. The van der Waals surface area contributed by atoms with Gasteiger partial charge in [0.2, 0.25) is 0 Å². The van der Waals surface area contributed by atoms with Gasteiger partial charge in [0.25, 0.3) is 0 Å². The Hall–Kier alpha value is -1.10. The van der Waals surface area contributed by atoms with E-state index in [4.69, 9.17) is 9.47 Å². The fourth-order valence-electron chi connectivity index (χ4n) is 3.15. The molecule has 1 unspecified atom stereocenters. The van der Waals surface area contributed by atoms with Crippen LogP contribution in [0.5, 0.6) is 5.75 Å². The Morgan fingerprint density at radius 3 is 2.70 bits per heavy atom. The lowest BCUT2D eigenvalue weighted by molar-refractivity contribution is -0.0635. The molecule has 1 atom stereocenters. The van der Waals surface area contributed by atoms with Gasteiger partial charge in [0, 0.05) is 30.6 Å². The molecular weight excluding hydrogens is 254 g/mol. The summed E-state index contributed by atoms with van der Waals surface area (Å²) in [6.07, 6.45) is 0.377. The van der Waals surface area contributed by atoms with Crippen LogP contribution in [-0.2, 0) is 11.2 Å². The van der Waals surface area contributed by atoms with Gasteiger partial charge in [-0.2, -0.15) is 0 Å². The first-order valence-corrected chi connectivity index (χ1v) is 7.36. The summed E-state index contributed by atoms with van der Waals surface area (Å²) in [7, 11) is 0. The van der Waals surface area contributed by atoms with Crippen LogP contribution in [0.25, 0.3) is 0 Å². The van der Waals surface area contributed by atoms with Gasteiger partial charge in [0.15, 0.2) is 0 Å². The summed E-state index contributed by atoms with van der Waals surface area (Å²) in [5.74, 6) is 0.890. The highest BCUT2D eigenvalue weighted by molar-refractivity contribution is 5.46. The number of para-hydroxylation sites is 1. The largest absolute Gasteiger partial charge is 0.493 e. The zero-order valence-electron chi connectivity index (χ0n) is 12.3. The van der Waals surface area contributed by atoms with Gasteiger partial charge in [-0.05, 0) is 19.4 Å². The van der Waals surface area contributed by atoms with Crippen molar-refractivity contribution in [3.05, 3.63) is 29.3 Å². The molecule has 0 saturated carbocycles. The van der Waals surface area contributed by atoms with E-state index in [1.165, 1.54) is 5.56 Å². The average molecular weight is 277 g/mol. The molecule has 2 heterocycles. The van der Waals surface area contributed by atoms with Crippen LogP contribution in [0.2, 0.25) is 0 Å². The second-order valence-corrected chi connectivity index (χ2v) is 6.09. The van der Waals surface area contributed by atoms with E-state index >= 15 is 0 Å². The van der Waals surface area contributed by atoms with Crippen molar-refractivity contribution in [2.24, 2.45) is 0 Å². The first kappa shape index (κ1) is 13.9. The molecule has 1 N–H and O–H groups in total. The number of rotatable bonds is 3. The highest BCUT2D eigenvalue weighted by Crippen LogP contribution is 2.39. The van der Waals surface area contributed by atoms with Crippen LogP contribution in [0.1, 0.15) is 31.1 Å². The van der Waals surface area contributed by atoms with Crippen LogP contribution in [0.15, 0.2) is 18.2 Å². The Bertz CT molecular complexity index is 481. The van der Waals surface area contributed by atoms with Gasteiger partial charge in [0.1, 0.15) is 11.9 Å². The number of aliphatic hydroxyl groups excluding tert-OH is 1. The maximum Gasteiger partial charge on any atom is 0.128 e. The molecule has 110 valence electrons. The maximum absolute atomic E-state index is 10.9. The highest BCUT2D eigenvalue weighted by atomic mass is 16.5. The maximum atomic E-state index is 10.9. The molecule has 0 bridgehead atoms. The quantitative estimate of drug-likeness (QED) is 0.914. The van der Waals surface area contributed by atoms with Gasteiger partial charge in [-0.25, -0.2) is 0 Å². The SMILES string of the molecule is CC(C)(C(O)c1cccc2c1OCC2)N1CCOCC1. The Morgan fingerprint density at radius 1 is 1.20 bits per heavy atom. The number of ether oxygens (including phenoxy) is 2. The molecule has 0 amide bonds. The monoisotopic (exact) mass is 277 g/mol. The summed E-state index contributed by atoms with van der Waals surface area (Å²) >= 11 is 0. The summed E-state index contributed by atoms with van der Waals surface area (Å²) in [5, 5.41) is 10.9. The molecular formula is C16H23NO3. The van der Waals surface area contributed by atoms with Crippen molar-refractivity contribution in [3.8, 4) is 5.75 Å². The molecule has 0 aliphatic carbocycles. The van der Waals surface area contributed by atoms with E-state index < -0.39 is 6.10 Å². The van der Waals surface area contributed by atoms with Crippen molar-refractivity contribution >= 4 is 0 Å². The Labute approximate surface area is 120 Å². The van der Waals surface area contributed by atoms with Crippen molar-refractivity contribution in [3.63, 3.8) is 0 Å². The summed E-state index contributed by atoms with van der Waals surface area (Å²) in [4.78, 5) is 2.30. The van der Waals surface area contributed by atoms with Crippen LogP contribution in [0, 0.1) is 0 Å². The normalized spacial score (nSPS) is 21.4. The smallest absolute Gasteiger partial charge is 0.128 e. The Kier molecular flexibility index (Phi) is 3.71. The molecule has 0 radical (unpaired) electrons. The lowest BCUT2D eigenvalue weighted by atomic mass is 9.88. The van der Waals surface area contributed by atoms with Gasteiger partial charge < -0.3 is 14.6 Å². The van der Waals surface area contributed by atoms with Gasteiger partial charge in [-0.15, -0.1) is 0 Å². The van der Waals surface area contributed by atoms with Gasteiger partial charge in [0.05, 0.1) is 19.8 Å².